The van der Waals surface area contributed by atoms with Crippen molar-refractivity contribution in [1.82, 2.24) is 0 Å². The Morgan fingerprint density at radius 1 is 1.29 bits per heavy atom. The quantitative estimate of drug-likeness (QED) is 0.805. The fourth-order valence-corrected chi connectivity index (χ4v) is 7.06. The molecule has 7 heteroatoms. The molecule has 0 saturated carbocycles. The number of aliphatic imine (C=N–C) groups is 1. The molecule has 24 heavy (non-hydrogen) atoms. The van der Waals surface area contributed by atoms with Crippen LogP contribution in [0.5, 0.6) is 0 Å². The molecule has 2 aliphatic heterocycles. The summed E-state index contributed by atoms with van der Waals surface area (Å²) in [5, 5.41) is 0.569. The van der Waals surface area contributed by atoms with Crippen LogP contribution in [0.4, 0.5) is 5.69 Å². The first kappa shape index (κ1) is 17.5. The zero-order chi connectivity index (χ0) is 17.6. The van der Waals surface area contributed by atoms with E-state index in [4.69, 9.17) is 0 Å². The summed E-state index contributed by atoms with van der Waals surface area (Å²) in [5.74, 6) is -0.0794. The van der Waals surface area contributed by atoms with Gasteiger partial charge in [0.05, 0.1) is 17.5 Å². The van der Waals surface area contributed by atoms with Crippen LogP contribution < -0.4 is 4.90 Å². The summed E-state index contributed by atoms with van der Waals surface area (Å²) < 4.78 is 24.1. The van der Waals surface area contributed by atoms with E-state index in [0.29, 0.717) is 5.17 Å². The van der Waals surface area contributed by atoms with Crippen molar-refractivity contribution in [3.05, 3.63) is 29.3 Å². The Bertz CT molecular complexity index is 815. The van der Waals surface area contributed by atoms with E-state index >= 15 is 0 Å². The van der Waals surface area contributed by atoms with Gasteiger partial charge in [-0.2, -0.15) is 4.99 Å². The minimum atomic E-state index is -3.04. The maximum absolute atomic E-state index is 12.1. The van der Waals surface area contributed by atoms with Gasteiger partial charge < -0.3 is 4.90 Å². The predicted molar refractivity (Wildman–Crippen MR) is 99.5 cm³/mol. The number of aryl methyl sites for hydroxylation is 2. The number of carbonyl (C=O) groups excluding carboxylic acids is 1. The average molecular weight is 367 g/mol. The second kappa shape index (κ2) is 6.19. The molecule has 0 spiro atoms. The number of benzene rings is 1. The topological polar surface area (TPSA) is 66.8 Å². The highest BCUT2D eigenvalue weighted by molar-refractivity contribution is 8.16. The molecule has 2 fully saturated rings. The van der Waals surface area contributed by atoms with Crippen LogP contribution in [0.2, 0.25) is 0 Å². The molecule has 130 valence electrons. The van der Waals surface area contributed by atoms with E-state index in [0.717, 1.165) is 16.8 Å². The second-order valence-electron chi connectivity index (χ2n) is 6.85. The van der Waals surface area contributed by atoms with E-state index in [-0.39, 0.29) is 34.6 Å². The normalized spacial score (nSPS) is 27.0. The highest BCUT2D eigenvalue weighted by Gasteiger charge is 2.49. The summed E-state index contributed by atoms with van der Waals surface area (Å²) in [5.41, 5.74) is 3.15. The zero-order valence-electron chi connectivity index (χ0n) is 14.3. The molecule has 0 aromatic heterocycles. The van der Waals surface area contributed by atoms with Crippen molar-refractivity contribution >= 4 is 38.4 Å². The Morgan fingerprint density at radius 3 is 2.62 bits per heavy atom. The Morgan fingerprint density at radius 2 is 2.00 bits per heavy atom. The van der Waals surface area contributed by atoms with Crippen LogP contribution >= 0.6 is 11.8 Å². The van der Waals surface area contributed by atoms with Crippen molar-refractivity contribution in [3.8, 4) is 0 Å². The molecular formula is C17H22N2O3S2. The first-order chi connectivity index (χ1) is 11.2. The Labute approximate surface area is 147 Å². The van der Waals surface area contributed by atoms with Crippen LogP contribution in [0.1, 0.15) is 25.0 Å². The van der Waals surface area contributed by atoms with Crippen LogP contribution in [0.15, 0.2) is 23.2 Å². The minimum Gasteiger partial charge on any atom is -0.315 e. The lowest BCUT2D eigenvalue weighted by Crippen LogP contribution is -2.38. The largest absolute Gasteiger partial charge is 0.315 e. The lowest BCUT2D eigenvalue weighted by molar-refractivity contribution is -0.120. The van der Waals surface area contributed by atoms with Crippen molar-refractivity contribution in [3.63, 3.8) is 0 Å². The number of thioether (sulfide) groups is 1. The van der Waals surface area contributed by atoms with Crippen LogP contribution in [0.25, 0.3) is 0 Å². The van der Waals surface area contributed by atoms with Gasteiger partial charge in [-0.1, -0.05) is 43.3 Å². The van der Waals surface area contributed by atoms with E-state index in [2.05, 4.69) is 11.1 Å². The maximum Gasteiger partial charge on any atom is 0.250 e. The molecule has 0 unspecified atom stereocenters. The van der Waals surface area contributed by atoms with Gasteiger partial charge in [-0.15, -0.1) is 0 Å². The van der Waals surface area contributed by atoms with Crippen LogP contribution in [-0.2, 0) is 14.6 Å². The standard InChI is InChI=1S/C17H22N2O3S2/c1-10(2)16(20)18-17-19(13-6-5-11(3)7-12(13)4)14-8-24(21,22)9-15(14)23-17/h5-7,10,14-15H,8-9H2,1-4H3/t14-,15+/m1/s1. The number of amides is 1. The summed E-state index contributed by atoms with van der Waals surface area (Å²) in [6.45, 7) is 7.67. The fraction of sp³-hybridized carbons (Fsp3) is 0.529. The van der Waals surface area contributed by atoms with E-state index in [9.17, 15) is 13.2 Å². The van der Waals surface area contributed by atoms with Crippen molar-refractivity contribution in [2.24, 2.45) is 10.9 Å². The van der Waals surface area contributed by atoms with Gasteiger partial charge in [-0.05, 0) is 25.5 Å². The molecule has 1 amide bonds. The smallest absolute Gasteiger partial charge is 0.250 e. The number of hydrogen-bond donors (Lipinski definition) is 0. The summed E-state index contributed by atoms with van der Waals surface area (Å²) in [6, 6.07) is 5.92. The van der Waals surface area contributed by atoms with Gasteiger partial charge in [-0.25, -0.2) is 8.42 Å². The Kier molecular flexibility index (Phi) is 4.51. The molecule has 5 nitrogen and oxygen atoms in total. The number of hydrogen-bond acceptors (Lipinski definition) is 4. The summed E-state index contributed by atoms with van der Waals surface area (Å²) in [7, 11) is -3.04. The lowest BCUT2D eigenvalue weighted by atomic mass is 10.1. The molecule has 3 rings (SSSR count). The molecule has 1 aromatic carbocycles. The van der Waals surface area contributed by atoms with Crippen molar-refractivity contribution < 1.29 is 13.2 Å². The second-order valence-corrected chi connectivity index (χ2v) is 10.2. The summed E-state index contributed by atoms with van der Waals surface area (Å²) in [6.07, 6.45) is 0. The molecule has 2 atom stereocenters. The molecule has 2 saturated heterocycles. The fourth-order valence-electron chi connectivity index (χ4n) is 3.15. The number of sulfone groups is 1. The molecule has 0 aliphatic carbocycles. The predicted octanol–water partition coefficient (Wildman–Crippen LogP) is 2.56. The third kappa shape index (κ3) is 3.24. The van der Waals surface area contributed by atoms with E-state index in [1.54, 1.807) is 0 Å². The molecule has 0 radical (unpaired) electrons. The summed E-state index contributed by atoms with van der Waals surface area (Å²) in [4.78, 5) is 18.4. The third-order valence-electron chi connectivity index (χ3n) is 4.38. The van der Waals surface area contributed by atoms with Crippen LogP contribution in [-0.4, -0.2) is 42.3 Å². The lowest BCUT2D eigenvalue weighted by Gasteiger charge is -2.26. The van der Waals surface area contributed by atoms with Crippen LogP contribution in [0, 0.1) is 19.8 Å². The van der Waals surface area contributed by atoms with Crippen molar-refractivity contribution in [2.75, 3.05) is 16.4 Å². The number of nitrogens with zero attached hydrogens (tertiary/aromatic N) is 2. The zero-order valence-corrected chi connectivity index (χ0v) is 15.9. The number of amidine groups is 1. The number of anilines is 1. The van der Waals surface area contributed by atoms with Gasteiger partial charge in [0.1, 0.15) is 0 Å². The Hall–Kier alpha value is -1.34. The third-order valence-corrected chi connectivity index (χ3v) is 7.59. The first-order valence-electron chi connectivity index (χ1n) is 8.04. The minimum absolute atomic E-state index is 0.0607. The van der Waals surface area contributed by atoms with Crippen LogP contribution in [0.3, 0.4) is 0 Å². The molecular weight excluding hydrogens is 344 g/mol. The molecule has 2 aliphatic rings. The molecule has 1 aromatic rings. The van der Waals surface area contributed by atoms with Gasteiger partial charge in [-0.3, -0.25) is 4.79 Å². The maximum atomic E-state index is 12.1. The highest BCUT2D eigenvalue weighted by atomic mass is 32.2. The number of rotatable bonds is 2. The average Bonchev–Trinajstić information content (AvgIpc) is 2.91. The molecule has 0 N–H and O–H groups in total. The number of fused-ring (bicyclic) bond motifs is 1. The van der Waals surface area contributed by atoms with Crippen molar-refractivity contribution in [2.45, 2.75) is 39.0 Å². The van der Waals surface area contributed by atoms with Gasteiger partial charge in [0, 0.05) is 16.9 Å². The van der Waals surface area contributed by atoms with E-state index in [1.165, 1.54) is 11.8 Å². The monoisotopic (exact) mass is 366 g/mol. The number of carbonyl (C=O) groups is 1. The SMILES string of the molecule is Cc1ccc(N2C(=NC(=O)C(C)C)S[C@H]3CS(=O)(=O)C[C@H]32)c(C)c1. The van der Waals surface area contributed by atoms with E-state index < -0.39 is 9.84 Å². The molecule has 2 heterocycles. The van der Waals surface area contributed by atoms with Crippen molar-refractivity contribution in [1.29, 1.82) is 0 Å². The van der Waals surface area contributed by atoms with Gasteiger partial charge in [0.25, 0.3) is 5.91 Å². The van der Waals surface area contributed by atoms with Gasteiger partial charge in [0.15, 0.2) is 15.0 Å². The summed E-state index contributed by atoms with van der Waals surface area (Å²) >= 11 is 1.42. The van der Waals surface area contributed by atoms with Gasteiger partial charge in [0.2, 0.25) is 0 Å². The first-order valence-corrected chi connectivity index (χ1v) is 10.7. The van der Waals surface area contributed by atoms with Gasteiger partial charge >= 0.3 is 0 Å². The highest BCUT2D eigenvalue weighted by Crippen LogP contribution is 2.42. The Balaban J connectivity index is 2.06. The van der Waals surface area contributed by atoms with E-state index in [1.807, 2.05) is 44.7 Å². The molecule has 0 bridgehead atoms.